The summed E-state index contributed by atoms with van der Waals surface area (Å²) in [5.41, 5.74) is 4.34. The van der Waals surface area contributed by atoms with Gasteiger partial charge in [-0.1, -0.05) is 17.7 Å². The highest BCUT2D eigenvalue weighted by Crippen LogP contribution is 2.37. The third kappa shape index (κ3) is 5.20. The lowest BCUT2D eigenvalue weighted by Gasteiger charge is -2.18. The molecule has 0 saturated carbocycles. The molecule has 2 N–H and O–H groups in total. The normalized spacial score (nSPS) is 13.2. The zero-order valence-electron chi connectivity index (χ0n) is 14.7. The molecule has 148 valence electrons. The number of alkyl halides is 3. The number of hydrogen-bond donors (Lipinski definition) is 1. The molecule has 1 unspecified atom stereocenters. The van der Waals surface area contributed by atoms with Crippen LogP contribution in [0, 0.1) is 5.82 Å². The number of aromatic nitrogens is 2. The maximum absolute atomic E-state index is 13.7. The molecule has 0 aliphatic rings. The van der Waals surface area contributed by atoms with Crippen LogP contribution in [-0.4, -0.2) is 41.2 Å². The number of amides is 1. The first kappa shape index (κ1) is 21.2. The molecule has 1 aromatic carbocycles. The van der Waals surface area contributed by atoms with Crippen LogP contribution in [0.25, 0.3) is 0 Å². The fourth-order valence-electron chi connectivity index (χ4n) is 2.70. The summed E-state index contributed by atoms with van der Waals surface area (Å²) in [6.07, 6.45) is -3.92. The zero-order chi connectivity index (χ0) is 20.4. The summed E-state index contributed by atoms with van der Waals surface area (Å²) >= 11 is 5.94. The molecular formula is C17H19ClF4N4O. The van der Waals surface area contributed by atoms with Crippen LogP contribution in [0.2, 0.25) is 5.02 Å². The Morgan fingerprint density at radius 3 is 2.56 bits per heavy atom. The molecule has 0 radical (unpaired) electrons. The summed E-state index contributed by atoms with van der Waals surface area (Å²) < 4.78 is 55.0. The van der Waals surface area contributed by atoms with Gasteiger partial charge in [0.15, 0.2) is 0 Å². The summed E-state index contributed by atoms with van der Waals surface area (Å²) in [6, 6.07) is 3.46. The molecule has 0 fully saturated rings. The number of primary amides is 1. The molecule has 0 saturated heterocycles. The Labute approximate surface area is 158 Å². The third-order valence-corrected chi connectivity index (χ3v) is 4.41. The van der Waals surface area contributed by atoms with E-state index >= 15 is 0 Å². The van der Waals surface area contributed by atoms with Gasteiger partial charge in [-0.05, 0) is 38.2 Å². The summed E-state index contributed by atoms with van der Waals surface area (Å²) in [4.78, 5) is 13.6. The first-order chi connectivity index (χ1) is 12.5. The molecule has 5 nitrogen and oxygen atoms in total. The van der Waals surface area contributed by atoms with Crippen LogP contribution in [-0.2, 0) is 23.9 Å². The Morgan fingerprint density at radius 2 is 2.04 bits per heavy atom. The molecule has 1 aromatic heterocycles. The Bertz CT molecular complexity index is 820. The van der Waals surface area contributed by atoms with E-state index in [1.165, 1.54) is 6.07 Å². The largest absolute Gasteiger partial charge is 0.433 e. The van der Waals surface area contributed by atoms with Gasteiger partial charge in [0.1, 0.15) is 11.5 Å². The van der Waals surface area contributed by atoms with Crippen molar-refractivity contribution in [2.45, 2.75) is 25.1 Å². The average Bonchev–Trinajstić information content (AvgIpc) is 2.95. The van der Waals surface area contributed by atoms with E-state index < -0.39 is 29.5 Å². The van der Waals surface area contributed by atoms with E-state index in [1.807, 2.05) is 0 Å². The van der Waals surface area contributed by atoms with E-state index in [1.54, 1.807) is 19.0 Å². The van der Waals surface area contributed by atoms with Gasteiger partial charge in [-0.2, -0.15) is 18.3 Å². The Morgan fingerprint density at radius 1 is 1.37 bits per heavy atom. The van der Waals surface area contributed by atoms with Crippen LogP contribution in [0.4, 0.5) is 17.6 Å². The highest BCUT2D eigenvalue weighted by Gasteiger charge is 2.41. The lowest BCUT2D eigenvalue weighted by atomic mass is 9.91. The lowest BCUT2D eigenvalue weighted by molar-refractivity contribution is -0.145. The maximum atomic E-state index is 13.7. The van der Waals surface area contributed by atoms with E-state index in [9.17, 15) is 22.4 Å². The van der Waals surface area contributed by atoms with Crippen LogP contribution in [0.3, 0.4) is 0 Å². The Balaban J connectivity index is 2.46. The van der Waals surface area contributed by atoms with Crippen molar-refractivity contribution in [3.05, 3.63) is 52.1 Å². The van der Waals surface area contributed by atoms with Crippen LogP contribution >= 0.6 is 11.6 Å². The molecule has 2 aromatic rings. The predicted molar refractivity (Wildman–Crippen MR) is 92.8 cm³/mol. The van der Waals surface area contributed by atoms with Crippen molar-refractivity contribution in [2.75, 3.05) is 20.6 Å². The molecule has 10 heteroatoms. The number of carbonyl (C=O) groups excluding carboxylic acids is 1. The van der Waals surface area contributed by atoms with Gasteiger partial charge < -0.3 is 10.6 Å². The summed E-state index contributed by atoms with van der Waals surface area (Å²) in [5, 5.41) is 3.81. The van der Waals surface area contributed by atoms with Crippen molar-refractivity contribution in [1.29, 1.82) is 0 Å². The standard InChI is InChI=1S/C17H19ClF4N4O/c1-25(2)5-6-26-15(17(20,21)22)13(9-24-26)12(16(23)27)7-10-3-4-11(19)8-14(10)18/h3-4,8-9,12H,5-7H2,1-2H3,(H2,23,27). The second kappa shape index (κ2) is 8.26. The number of rotatable bonds is 7. The first-order valence-electron chi connectivity index (χ1n) is 8.01. The number of nitrogens with two attached hydrogens (primary N) is 1. The molecular weight excluding hydrogens is 388 g/mol. The fourth-order valence-corrected chi connectivity index (χ4v) is 2.94. The van der Waals surface area contributed by atoms with Gasteiger partial charge in [0.2, 0.25) is 5.91 Å². The fraction of sp³-hybridized carbons (Fsp3) is 0.412. The monoisotopic (exact) mass is 406 g/mol. The van der Waals surface area contributed by atoms with Crippen molar-refractivity contribution in [3.8, 4) is 0 Å². The van der Waals surface area contributed by atoms with Crippen molar-refractivity contribution >= 4 is 17.5 Å². The zero-order valence-corrected chi connectivity index (χ0v) is 15.5. The number of carbonyl (C=O) groups is 1. The summed E-state index contributed by atoms with van der Waals surface area (Å²) in [6.45, 7) is 0.319. The molecule has 1 amide bonds. The second-order valence-electron chi connectivity index (χ2n) is 6.37. The third-order valence-electron chi connectivity index (χ3n) is 4.05. The van der Waals surface area contributed by atoms with Crippen LogP contribution in [0.5, 0.6) is 0 Å². The molecule has 1 heterocycles. The molecule has 0 spiro atoms. The molecule has 0 aliphatic carbocycles. The highest BCUT2D eigenvalue weighted by molar-refractivity contribution is 6.31. The molecule has 0 bridgehead atoms. The van der Waals surface area contributed by atoms with Crippen molar-refractivity contribution in [1.82, 2.24) is 14.7 Å². The minimum atomic E-state index is -4.72. The number of likely N-dealkylation sites (N-methyl/N-ethyl adjacent to an activating group) is 1. The van der Waals surface area contributed by atoms with E-state index in [-0.39, 0.29) is 23.6 Å². The highest BCUT2D eigenvalue weighted by atomic mass is 35.5. The van der Waals surface area contributed by atoms with E-state index in [4.69, 9.17) is 17.3 Å². The van der Waals surface area contributed by atoms with Gasteiger partial charge in [-0.3, -0.25) is 9.48 Å². The minimum Gasteiger partial charge on any atom is -0.369 e. The Hall–Kier alpha value is -2.13. The minimum absolute atomic E-state index is 0.00908. The molecule has 1 atom stereocenters. The van der Waals surface area contributed by atoms with Gasteiger partial charge in [-0.15, -0.1) is 0 Å². The lowest BCUT2D eigenvalue weighted by Crippen LogP contribution is -2.27. The SMILES string of the molecule is CN(C)CCn1ncc(C(Cc2ccc(F)cc2Cl)C(N)=O)c1C(F)(F)F. The quantitative estimate of drug-likeness (QED) is 0.719. The van der Waals surface area contributed by atoms with Crippen LogP contribution in [0.1, 0.15) is 22.7 Å². The van der Waals surface area contributed by atoms with E-state index in [0.717, 1.165) is 23.0 Å². The predicted octanol–water partition coefficient (Wildman–Crippen LogP) is 3.07. The van der Waals surface area contributed by atoms with Crippen molar-refractivity contribution in [3.63, 3.8) is 0 Å². The van der Waals surface area contributed by atoms with Crippen LogP contribution in [0.15, 0.2) is 24.4 Å². The second-order valence-corrected chi connectivity index (χ2v) is 6.77. The van der Waals surface area contributed by atoms with Gasteiger partial charge in [0.05, 0.1) is 18.7 Å². The van der Waals surface area contributed by atoms with Gasteiger partial charge >= 0.3 is 6.18 Å². The van der Waals surface area contributed by atoms with Gasteiger partial charge in [-0.25, -0.2) is 4.39 Å². The number of halogens is 5. The average molecular weight is 407 g/mol. The molecule has 27 heavy (non-hydrogen) atoms. The van der Waals surface area contributed by atoms with Gasteiger partial charge in [0.25, 0.3) is 0 Å². The number of benzene rings is 1. The maximum Gasteiger partial charge on any atom is 0.433 e. The number of hydrogen-bond acceptors (Lipinski definition) is 3. The smallest absolute Gasteiger partial charge is 0.369 e. The van der Waals surface area contributed by atoms with Gasteiger partial charge in [0, 0.05) is 17.1 Å². The van der Waals surface area contributed by atoms with Crippen molar-refractivity contribution in [2.24, 2.45) is 5.73 Å². The van der Waals surface area contributed by atoms with E-state index in [0.29, 0.717) is 12.1 Å². The first-order valence-corrected chi connectivity index (χ1v) is 8.39. The summed E-state index contributed by atoms with van der Waals surface area (Å²) in [7, 11) is 3.45. The van der Waals surface area contributed by atoms with E-state index in [2.05, 4.69) is 5.10 Å². The van der Waals surface area contributed by atoms with Crippen molar-refractivity contribution < 1.29 is 22.4 Å². The molecule has 0 aliphatic heterocycles. The summed E-state index contributed by atoms with van der Waals surface area (Å²) in [5.74, 6) is -2.85. The Kier molecular flexibility index (Phi) is 6.48. The van der Waals surface area contributed by atoms with Crippen LogP contribution < -0.4 is 5.73 Å². The topological polar surface area (TPSA) is 64.2 Å². The molecule has 2 rings (SSSR count). The number of nitrogens with zero attached hydrogens (tertiary/aromatic N) is 3.